The molecule has 4 saturated carbocycles. The van der Waals surface area contributed by atoms with Crippen LogP contribution in [0, 0.1) is 52.8 Å². The molecule has 2 nitrogen and oxygen atoms in total. The predicted molar refractivity (Wildman–Crippen MR) is 125 cm³/mol. The van der Waals surface area contributed by atoms with Gasteiger partial charge in [-0.3, -0.25) is 0 Å². The monoisotopic (exact) mass is 418 g/mol. The van der Waals surface area contributed by atoms with Crippen LogP contribution in [-0.2, 0) is 0 Å². The predicted octanol–water partition coefficient (Wildman–Crippen LogP) is 6.83. The van der Waals surface area contributed by atoms with E-state index in [1.165, 1.54) is 44.9 Å². The van der Waals surface area contributed by atoms with E-state index in [1.54, 1.807) is 0 Å². The molecule has 4 aliphatic carbocycles. The van der Waals surface area contributed by atoms with Crippen LogP contribution >= 0.6 is 0 Å². The Bertz CT molecular complexity index is 587. The number of aliphatic hydroxyl groups excluding tert-OH is 1. The topological polar surface area (TPSA) is 40.5 Å². The van der Waals surface area contributed by atoms with Gasteiger partial charge in [0.25, 0.3) is 0 Å². The normalized spacial score (nSPS) is 48.0. The molecule has 0 spiro atoms. The summed E-state index contributed by atoms with van der Waals surface area (Å²) in [6.07, 6.45) is 14.6. The molecule has 0 unspecified atom stereocenters. The zero-order valence-electron chi connectivity index (χ0n) is 20.6. The lowest BCUT2D eigenvalue weighted by Crippen LogP contribution is -2.51. The minimum absolute atomic E-state index is 0.119. The Morgan fingerprint density at radius 1 is 0.867 bits per heavy atom. The highest BCUT2D eigenvalue weighted by Crippen LogP contribution is 2.66. The molecule has 174 valence electrons. The molecule has 30 heavy (non-hydrogen) atoms. The van der Waals surface area contributed by atoms with Gasteiger partial charge in [-0.2, -0.15) is 0 Å². The molecule has 4 rings (SSSR count). The maximum atomic E-state index is 11.0. The van der Waals surface area contributed by atoms with Crippen LogP contribution in [-0.4, -0.2) is 21.9 Å². The summed E-state index contributed by atoms with van der Waals surface area (Å²) in [7, 11) is 0. The van der Waals surface area contributed by atoms with E-state index in [2.05, 4.69) is 34.6 Å². The zero-order valence-corrected chi connectivity index (χ0v) is 20.6. The quantitative estimate of drug-likeness (QED) is 0.496. The second kappa shape index (κ2) is 8.69. The van der Waals surface area contributed by atoms with Crippen LogP contribution in [0.15, 0.2) is 0 Å². The first-order chi connectivity index (χ1) is 14.2. The minimum atomic E-state index is -0.364. The third-order valence-electron chi connectivity index (χ3n) is 11.1. The molecule has 0 aliphatic heterocycles. The van der Waals surface area contributed by atoms with Crippen molar-refractivity contribution in [2.24, 2.45) is 52.8 Å². The third-order valence-corrected chi connectivity index (χ3v) is 11.1. The first kappa shape index (κ1) is 23.1. The average Bonchev–Trinajstić information content (AvgIpc) is 3.08. The van der Waals surface area contributed by atoms with E-state index in [4.69, 9.17) is 0 Å². The van der Waals surface area contributed by atoms with E-state index in [9.17, 15) is 10.2 Å². The fourth-order valence-electron chi connectivity index (χ4n) is 9.22. The highest BCUT2D eigenvalue weighted by atomic mass is 16.3. The summed E-state index contributed by atoms with van der Waals surface area (Å²) in [6.45, 7) is 11.7. The molecule has 0 amide bonds. The Balaban J connectivity index is 1.44. The SMILES string of the molecule is CC[C@]1(O)CC[C@H]2[C@H](CC[C@@H]3[C@@H]2CC[C@]2(C)[C@@H]([C@H](C)[C@@H](O)CCC(C)C)CC[C@@H]32)C1. The van der Waals surface area contributed by atoms with E-state index in [0.717, 1.165) is 61.7 Å². The molecule has 0 heterocycles. The molecule has 4 aliphatic rings. The highest BCUT2D eigenvalue weighted by molar-refractivity contribution is 5.08. The van der Waals surface area contributed by atoms with Gasteiger partial charge in [0, 0.05) is 0 Å². The number of hydrogen-bond acceptors (Lipinski definition) is 2. The van der Waals surface area contributed by atoms with Gasteiger partial charge >= 0.3 is 0 Å². The van der Waals surface area contributed by atoms with Gasteiger partial charge < -0.3 is 10.2 Å². The van der Waals surface area contributed by atoms with Gasteiger partial charge in [-0.1, -0.05) is 34.6 Å². The molecule has 0 bridgehead atoms. The highest BCUT2D eigenvalue weighted by Gasteiger charge is 2.58. The van der Waals surface area contributed by atoms with Crippen molar-refractivity contribution in [3.8, 4) is 0 Å². The summed E-state index contributed by atoms with van der Waals surface area (Å²) >= 11 is 0. The molecule has 0 aromatic rings. The Morgan fingerprint density at radius 3 is 2.30 bits per heavy atom. The molecule has 0 aromatic carbocycles. The molecule has 4 fully saturated rings. The molecule has 0 aromatic heterocycles. The zero-order chi connectivity index (χ0) is 21.7. The first-order valence-corrected chi connectivity index (χ1v) is 13.6. The molecular weight excluding hydrogens is 368 g/mol. The standard InChI is InChI=1S/C28H50O2/c1-6-28(30)16-14-21-20(17-28)8-9-23-22(21)13-15-27(5)24(10-11-25(23)27)19(4)26(29)12-7-18(2)3/h18-26,29-30H,6-17H2,1-5H3/t19-,20+,21-,22+,23+,24+,25-,26-,27+,28-/m0/s1. The van der Waals surface area contributed by atoms with Crippen molar-refractivity contribution in [3.63, 3.8) is 0 Å². The fraction of sp³-hybridized carbons (Fsp3) is 1.00. The molecule has 10 atom stereocenters. The second-order valence-corrected chi connectivity index (χ2v) is 12.9. The number of hydrogen-bond donors (Lipinski definition) is 2. The Labute approximate surface area is 186 Å². The van der Waals surface area contributed by atoms with Crippen molar-refractivity contribution in [1.82, 2.24) is 0 Å². The van der Waals surface area contributed by atoms with Crippen LogP contribution in [0.25, 0.3) is 0 Å². The largest absolute Gasteiger partial charge is 0.393 e. The van der Waals surface area contributed by atoms with Crippen molar-refractivity contribution in [1.29, 1.82) is 0 Å². The molecule has 0 saturated heterocycles. The van der Waals surface area contributed by atoms with Crippen LogP contribution in [0.3, 0.4) is 0 Å². The Morgan fingerprint density at radius 2 is 1.60 bits per heavy atom. The van der Waals surface area contributed by atoms with Crippen LogP contribution < -0.4 is 0 Å². The van der Waals surface area contributed by atoms with Crippen LogP contribution in [0.5, 0.6) is 0 Å². The van der Waals surface area contributed by atoms with Crippen molar-refractivity contribution in [2.45, 2.75) is 123 Å². The van der Waals surface area contributed by atoms with Gasteiger partial charge in [0.05, 0.1) is 11.7 Å². The van der Waals surface area contributed by atoms with Gasteiger partial charge in [0.2, 0.25) is 0 Å². The van der Waals surface area contributed by atoms with Crippen LogP contribution in [0.1, 0.15) is 112 Å². The van der Waals surface area contributed by atoms with Gasteiger partial charge in [-0.05, 0) is 130 Å². The second-order valence-electron chi connectivity index (χ2n) is 12.9. The Hall–Kier alpha value is -0.0800. The third kappa shape index (κ3) is 4.02. The van der Waals surface area contributed by atoms with Crippen molar-refractivity contribution in [2.75, 3.05) is 0 Å². The summed E-state index contributed by atoms with van der Waals surface area (Å²) in [4.78, 5) is 0. The average molecular weight is 419 g/mol. The van der Waals surface area contributed by atoms with Gasteiger partial charge in [0.15, 0.2) is 0 Å². The van der Waals surface area contributed by atoms with Crippen molar-refractivity contribution >= 4 is 0 Å². The number of aliphatic hydroxyl groups is 2. The fourth-order valence-corrected chi connectivity index (χ4v) is 9.22. The van der Waals surface area contributed by atoms with Crippen LogP contribution in [0.2, 0.25) is 0 Å². The summed E-state index contributed by atoms with van der Waals surface area (Å²) in [5, 5.41) is 21.9. The lowest BCUT2D eigenvalue weighted by molar-refractivity contribution is -0.112. The maximum absolute atomic E-state index is 11.0. The first-order valence-electron chi connectivity index (χ1n) is 13.6. The van der Waals surface area contributed by atoms with Gasteiger partial charge in [-0.15, -0.1) is 0 Å². The van der Waals surface area contributed by atoms with Gasteiger partial charge in [0.1, 0.15) is 0 Å². The Kier molecular flexibility index (Phi) is 6.69. The van der Waals surface area contributed by atoms with Crippen LogP contribution in [0.4, 0.5) is 0 Å². The summed E-state index contributed by atoms with van der Waals surface area (Å²) < 4.78 is 0. The van der Waals surface area contributed by atoms with Gasteiger partial charge in [-0.25, -0.2) is 0 Å². The van der Waals surface area contributed by atoms with Crippen molar-refractivity contribution in [3.05, 3.63) is 0 Å². The molecule has 2 N–H and O–H groups in total. The summed E-state index contributed by atoms with van der Waals surface area (Å²) in [5.41, 5.74) is 0.0856. The van der Waals surface area contributed by atoms with E-state index < -0.39 is 0 Å². The molecule has 2 heteroatoms. The minimum Gasteiger partial charge on any atom is -0.393 e. The van der Waals surface area contributed by atoms with E-state index in [1.807, 2.05) is 0 Å². The molecule has 0 radical (unpaired) electrons. The lowest BCUT2D eigenvalue weighted by atomic mass is 9.48. The lowest BCUT2D eigenvalue weighted by Gasteiger charge is -2.57. The van der Waals surface area contributed by atoms with Crippen molar-refractivity contribution < 1.29 is 10.2 Å². The van der Waals surface area contributed by atoms with E-state index in [-0.39, 0.29) is 11.7 Å². The summed E-state index contributed by atoms with van der Waals surface area (Å²) in [5.74, 6) is 6.22. The van der Waals surface area contributed by atoms with E-state index >= 15 is 0 Å². The van der Waals surface area contributed by atoms with E-state index in [0.29, 0.717) is 23.2 Å². The summed E-state index contributed by atoms with van der Waals surface area (Å²) in [6, 6.07) is 0. The number of fused-ring (bicyclic) bond motifs is 5. The molecular formula is C28H50O2. The smallest absolute Gasteiger partial charge is 0.0648 e. The maximum Gasteiger partial charge on any atom is 0.0648 e. The number of rotatable bonds is 6.